The van der Waals surface area contributed by atoms with Crippen LogP contribution in [-0.2, 0) is 14.3 Å². The van der Waals surface area contributed by atoms with Crippen molar-refractivity contribution in [2.75, 3.05) is 39.5 Å². The van der Waals surface area contributed by atoms with E-state index < -0.39 is 0 Å². The van der Waals surface area contributed by atoms with Crippen molar-refractivity contribution in [3.63, 3.8) is 0 Å². The molecule has 1 amide bonds. The van der Waals surface area contributed by atoms with E-state index in [1.54, 1.807) is 0 Å². The molecule has 0 aromatic heterocycles. The maximum atomic E-state index is 11.7. The minimum Gasteiger partial charge on any atom is -0.376 e. The molecule has 2 rings (SSSR count). The summed E-state index contributed by atoms with van der Waals surface area (Å²) in [5, 5.41) is 6.24. The lowest BCUT2D eigenvalue weighted by atomic mass is 9.94. The molecule has 0 bridgehead atoms. The van der Waals surface area contributed by atoms with Crippen LogP contribution in [0.15, 0.2) is 0 Å². The first-order valence-corrected chi connectivity index (χ1v) is 6.51. The molecule has 17 heavy (non-hydrogen) atoms. The van der Waals surface area contributed by atoms with Gasteiger partial charge in [-0.25, -0.2) is 0 Å². The van der Waals surface area contributed by atoms with Gasteiger partial charge in [-0.05, 0) is 31.8 Å². The number of carbonyl (C=O) groups excluding carboxylic acids is 1. The molecule has 98 valence electrons. The van der Waals surface area contributed by atoms with E-state index in [1.165, 1.54) is 0 Å². The van der Waals surface area contributed by atoms with Crippen molar-refractivity contribution >= 4 is 5.91 Å². The predicted octanol–water partition coefficient (Wildman–Crippen LogP) is -0.0923. The molecule has 0 radical (unpaired) electrons. The van der Waals surface area contributed by atoms with Crippen LogP contribution >= 0.6 is 0 Å². The maximum absolute atomic E-state index is 11.7. The first-order chi connectivity index (χ1) is 8.34. The highest BCUT2D eigenvalue weighted by molar-refractivity contribution is 5.76. The molecule has 2 aliphatic heterocycles. The first-order valence-electron chi connectivity index (χ1n) is 6.51. The Labute approximate surface area is 102 Å². The molecule has 2 saturated heterocycles. The summed E-state index contributed by atoms with van der Waals surface area (Å²) < 4.78 is 10.7. The highest BCUT2D eigenvalue weighted by Gasteiger charge is 2.18. The predicted molar refractivity (Wildman–Crippen MR) is 63.8 cm³/mol. The Morgan fingerprint density at radius 3 is 2.82 bits per heavy atom. The summed E-state index contributed by atoms with van der Waals surface area (Å²) in [5.41, 5.74) is 0. The van der Waals surface area contributed by atoms with Gasteiger partial charge >= 0.3 is 0 Å². The molecule has 2 aliphatic rings. The molecule has 0 saturated carbocycles. The SMILES string of the molecule is O=C(CC1CCNCC1)NCC1COCCO1. The van der Waals surface area contributed by atoms with Crippen molar-refractivity contribution in [1.82, 2.24) is 10.6 Å². The van der Waals surface area contributed by atoms with Crippen LogP contribution in [0.4, 0.5) is 0 Å². The summed E-state index contributed by atoms with van der Waals surface area (Å²) in [6.45, 7) is 4.54. The fourth-order valence-electron chi connectivity index (χ4n) is 2.30. The minimum atomic E-state index is 0.0284. The van der Waals surface area contributed by atoms with Gasteiger partial charge in [0.05, 0.1) is 25.9 Å². The van der Waals surface area contributed by atoms with Gasteiger partial charge in [-0.3, -0.25) is 4.79 Å². The molecule has 1 atom stereocenters. The number of nitrogens with one attached hydrogen (secondary N) is 2. The summed E-state index contributed by atoms with van der Waals surface area (Å²) in [4.78, 5) is 11.7. The van der Waals surface area contributed by atoms with Crippen molar-refractivity contribution in [1.29, 1.82) is 0 Å². The van der Waals surface area contributed by atoms with Gasteiger partial charge < -0.3 is 20.1 Å². The van der Waals surface area contributed by atoms with E-state index in [4.69, 9.17) is 9.47 Å². The standard InChI is InChI=1S/C12H22N2O3/c15-12(7-10-1-3-13-4-2-10)14-8-11-9-16-5-6-17-11/h10-11,13H,1-9H2,(H,14,15). The lowest BCUT2D eigenvalue weighted by molar-refractivity contribution is -0.125. The molecule has 0 spiro atoms. The Morgan fingerprint density at radius 2 is 2.12 bits per heavy atom. The van der Waals surface area contributed by atoms with E-state index in [1.807, 2.05) is 0 Å². The monoisotopic (exact) mass is 242 g/mol. The number of ether oxygens (including phenoxy) is 2. The molecule has 2 N–H and O–H groups in total. The number of carbonyl (C=O) groups is 1. The van der Waals surface area contributed by atoms with Crippen molar-refractivity contribution < 1.29 is 14.3 Å². The zero-order valence-corrected chi connectivity index (χ0v) is 10.2. The van der Waals surface area contributed by atoms with Crippen LogP contribution in [0, 0.1) is 5.92 Å². The van der Waals surface area contributed by atoms with Crippen LogP contribution in [0.5, 0.6) is 0 Å². The molecule has 1 unspecified atom stereocenters. The molecule has 2 fully saturated rings. The molecular weight excluding hydrogens is 220 g/mol. The van der Waals surface area contributed by atoms with Crippen molar-refractivity contribution in [3.8, 4) is 0 Å². The highest BCUT2D eigenvalue weighted by Crippen LogP contribution is 2.15. The van der Waals surface area contributed by atoms with Crippen molar-refractivity contribution in [2.45, 2.75) is 25.4 Å². The van der Waals surface area contributed by atoms with E-state index in [0.29, 0.717) is 38.7 Å². The molecular formula is C12H22N2O3. The maximum Gasteiger partial charge on any atom is 0.220 e. The van der Waals surface area contributed by atoms with Gasteiger partial charge in [-0.2, -0.15) is 0 Å². The zero-order valence-electron chi connectivity index (χ0n) is 10.2. The molecule has 5 nitrogen and oxygen atoms in total. The fraction of sp³-hybridized carbons (Fsp3) is 0.917. The summed E-state index contributed by atoms with van der Waals surface area (Å²) >= 11 is 0. The van der Waals surface area contributed by atoms with Gasteiger partial charge in [0.2, 0.25) is 5.91 Å². The number of rotatable bonds is 4. The average molecular weight is 242 g/mol. The molecule has 0 aliphatic carbocycles. The number of hydrogen-bond donors (Lipinski definition) is 2. The van der Waals surface area contributed by atoms with Gasteiger partial charge in [0.1, 0.15) is 0 Å². The third kappa shape index (κ3) is 4.61. The summed E-state index contributed by atoms with van der Waals surface area (Å²) in [6, 6.07) is 0. The van der Waals surface area contributed by atoms with Crippen LogP contribution in [0.3, 0.4) is 0 Å². The topological polar surface area (TPSA) is 59.6 Å². The molecule has 2 heterocycles. The van der Waals surface area contributed by atoms with E-state index >= 15 is 0 Å². The molecule has 0 aromatic rings. The van der Waals surface area contributed by atoms with Gasteiger partial charge in [-0.1, -0.05) is 0 Å². The number of hydrogen-bond acceptors (Lipinski definition) is 4. The second-order valence-corrected chi connectivity index (χ2v) is 4.77. The Bertz CT molecular complexity index is 236. The summed E-state index contributed by atoms with van der Waals surface area (Å²) in [5.74, 6) is 0.686. The second kappa shape index (κ2) is 6.93. The lowest BCUT2D eigenvalue weighted by Gasteiger charge is -2.24. The number of piperidine rings is 1. The van der Waals surface area contributed by atoms with Crippen molar-refractivity contribution in [2.24, 2.45) is 5.92 Å². The zero-order chi connectivity index (χ0) is 11.9. The van der Waals surface area contributed by atoms with E-state index in [0.717, 1.165) is 25.9 Å². The molecule has 5 heteroatoms. The summed E-state index contributed by atoms with van der Waals surface area (Å²) in [7, 11) is 0. The number of amides is 1. The van der Waals surface area contributed by atoms with Crippen LogP contribution in [0.25, 0.3) is 0 Å². The van der Waals surface area contributed by atoms with Crippen molar-refractivity contribution in [3.05, 3.63) is 0 Å². The highest BCUT2D eigenvalue weighted by atomic mass is 16.6. The van der Waals surface area contributed by atoms with Gasteiger partial charge in [0.25, 0.3) is 0 Å². The van der Waals surface area contributed by atoms with Crippen LogP contribution < -0.4 is 10.6 Å². The van der Waals surface area contributed by atoms with Gasteiger partial charge in [0.15, 0.2) is 0 Å². The first kappa shape index (κ1) is 12.8. The van der Waals surface area contributed by atoms with Crippen LogP contribution in [0.1, 0.15) is 19.3 Å². The Kier molecular flexibility index (Phi) is 5.22. The Balaban J connectivity index is 1.59. The molecule has 0 aromatic carbocycles. The average Bonchev–Trinajstić information content (AvgIpc) is 2.39. The van der Waals surface area contributed by atoms with E-state index in [9.17, 15) is 4.79 Å². The van der Waals surface area contributed by atoms with Gasteiger partial charge in [-0.15, -0.1) is 0 Å². The quantitative estimate of drug-likeness (QED) is 0.723. The van der Waals surface area contributed by atoms with E-state index in [2.05, 4.69) is 10.6 Å². The minimum absolute atomic E-state index is 0.0284. The third-order valence-corrected chi connectivity index (χ3v) is 3.34. The smallest absolute Gasteiger partial charge is 0.220 e. The second-order valence-electron chi connectivity index (χ2n) is 4.77. The third-order valence-electron chi connectivity index (χ3n) is 3.34. The largest absolute Gasteiger partial charge is 0.376 e. The normalized spacial score (nSPS) is 26.7. The lowest BCUT2D eigenvalue weighted by Crippen LogP contribution is -2.40. The summed E-state index contributed by atoms with van der Waals surface area (Å²) in [6.07, 6.45) is 2.89. The van der Waals surface area contributed by atoms with Crippen LogP contribution in [0.2, 0.25) is 0 Å². The van der Waals surface area contributed by atoms with E-state index in [-0.39, 0.29) is 12.0 Å². The van der Waals surface area contributed by atoms with Crippen LogP contribution in [-0.4, -0.2) is 51.5 Å². The Morgan fingerprint density at radius 1 is 1.29 bits per heavy atom. The fourth-order valence-corrected chi connectivity index (χ4v) is 2.30. The van der Waals surface area contributed by atoms with Gasteiger partial charge in [0, 0.05) is 13.0 Å². The Hall–Kier alpha value is -0.650.